The van der Waals surface area contributed by atoms with Gasteiger partial charge in [-0.2, -0.15) is 10.1 Å². The fourth-order valence-corrected chi connectivity index (χ4v) is 4.84. The molecule has 0 spiro atoms. The van der Waals surface area contributed by atoms with Crippen molar-refractivity contribution in [2.75, 3.05) is 13.1 Å². The van der Waals surface area contributed by atoms with E-state index in [0.29, 0.717) is 25.9 Å². The number of carboxylic acids is 1. The fraction of sp³-hybridized carbons (Fsp3) is 0.344. The van der Waals surface area contributed by atoms with Crippen LogP contribution in [0, 0.1) is 0 Å². The first-order chi connectivity index (χ1) is 21.0. The van der Waals surface area contributed by atoms with Crippen LogP contribution in [0.25, 0.3) is 0 Å². The van der Waals surface area contributed by atoms with Gasteiger partial charge in [0.25, 0.3) is 0 Å². The summed E-state index contributed by atoms with van der Waals surface area (Å²) in [5, 5.41) is 18.6. The summed E-state index contributed by atoms with van der Waals surface area (Å²) in [7, 11) is 0. The zero-order valence-corrected chi connectivity index (χ0v) is 23.7. The minimum Gasteiger partial charge on any atom is -0.480 e. The van der Waals surface area contributed by atoms with Gasteiger partial charge in [0.05, 0.1) is 0 Å². The van der Waals surface area contributed by atoms with Crippen LogP contribution in [0.1, 0.15) is 54.8 Å². The second kappa shape index (κ2) is 14.7. The van der Waals surface area contributed by atoms with Gasteiger partial charge in [-0.3, -0.25) is 14.5 Å². The monoisotopic (exact) mass is 588 g/mol. The molecule has 226 valence electrons. The molecule has 2 aliphatic rings. The number of carbonyl (C=O) groups excluding carboxylic acids is 2. The number of alkyl carbamates (subject to hydrolysis) is 1. The van der Waals surface area contributed by atoms with Crippen molar-refractivity contribution in [2.45, 2.75) is 56.8 Å². The summed E-state index contributed by atoms with van der Waals surface area (Å²) in [4.78, 5) is 49.1. The van der Waals surface area contributed by atoms with Gasteiger partial charge in [-0.05, 0) is 42.4 Å². The van der Waals surface area contributed by atoms with Crippen LogP contribution in [0.5, 0.6) is 0 Å². The Morgan fingerprint density at radius 3 is 1.72 bits per heavy atom. The minimum atomic E-state index is -1.15. The summed E-state index contributed by atoms with van der Waals surface area (Å²) >= 11 is 0. The Bertz CT molecular complexity index is 1350. The van der Waals surface area contributed by atoms with Crippen molar-refractivity contribution in [1.82, 2.24) is 20.8 Å². The Morgan fingerprint density at radius 2 is 1.21 bits per heavy atom. The number of ether oxygens (including phenoxy) is 1. The molecule has 0 bridgehead atoms. The molecule has 3 aromatic carbocycles. The maximum Gasteiger partial charge on any atom is 0.408 e. The third-order valence-corrected chi connectivity index (χ3v) is 7.25. The van der Waals surface area contributed by atoms with Gasteiger partial charge in [-0.1, -0.05) is 91.0 Å². The number of hydrogen-bond acceptors (Lipinski definition) is 8. The highest BCUT2D eigenvalue weighted by Gasteiger charge is 2.38. The SMILES string of the molecule is O=C(N[C@@H](CCCN1OC1c1ccccc1)C(=O)N[C@@H](CCCN1OC1c1ccccc1)C(=O)O)OCc1ccccc1. The minimum absolute atomic E-state index is 0.0433. The van der Waals surface area contributed by atoms with E-state index < -0.39 is 30.1 Å². The van der Waals surface area contributed by atoms with Crippen molar-refractivity contribution < 1.29 is 33.9 Å². The molecule has 2 aliphatic heterocycles. The second-order valence-electron chi connectivity index (χ2n) is 10.5. The van der Waals surface area contributed by atoms with E-state index in [-0.39, 0.29) is 31.9 Å². The lowest BCUT2D eigenvalue weighted by Gasteiger charge is -2.21. The summed E-state index contributed by atoms with van der Waals surface area (Å²) in [6.07, 6.45) is 0.445. The highest BCUT2D eigenvalue weighted by molar-refractivity contribution is 5.89. The number of nitrogens with zero attached hydrogens (tertiary/aromatic N) is 2. The number of benzene rings is 3. The van der Waals surface area contributed by atoms with E-state index >= 15 is 0 Å². The molecule has 0 radical (unpaired) electrons. The molecular weight excluding hydrogens is 552 g/mol. The third-order valence-electron chi connectivity index (χ3n) is 7.25. The molecule has 6 atom stereocenters. The lowest BCUT2D eigenvalue weighted by atomic mass is 10.1. The Hall–Kier alpha value is -4.29. The number of hydroxylamine groups is 4. The highest BCUT2D eigenvalue weighted by Crippen LogP contribution is 2.37. The Labute approximate surface area is 250 Å². The maximum atomic E-state index is 13.3. The predicted molar refractivity (Wildman–Crippen MR) is 156 cm³/mol. The Morgan fingerprint density at radius 1 is 0.721 bits per heavy atom. The zero-order valence-electron chi connectivity index (χ0n) is 23.7. The van der Waals surface area contributed by atoms with Crippen molar-refractivity contribution in [2.24, 2.45) is 0 Å². The van der Waals surface area contributed by atoms with Gasteiger partial charge in [0.2, 0.25) is 5.91 Å². The molecular formula is C32H36N4O7. The van der Waals surface area contributed by atoms with Crippen molar-refractivity contribution in [3.05, 3.63) is 108 Å². The van der Waals surface area contributed by atoms with Gasteiger partial charge in [-0.25, -0.2) is 9.59 Å². The number of carbonyl (C=O) groups is 3. The van der Waals surface area contributed by atoms with E-state index in [4.69, 9.17) is 14.4 Å². The van der Waals surface area contributed by atoms with E-state index in [9.17, 15) is 19.5 Å². The summed E-state index contributed by atoms with van der Waals surface area (Å²) in [6.45, 7) is 1.09. The van der Waals surface area contributed by atoms with Crippen molar-refractivity contribution in [3.8, 4) is 0 Å². The first-order valence-electron chi connectivity index (χ1n) is 14.4. The average molecular weight is 589 g/mol. The van der Waals surface area contributed by atoms with E-state index in [0.717, 1.165) is 16.7 Å². The van der Waals surface area contributed by atoms with Gasteiger partial charge in [0, 0.05) is 13.1 Å². The van der Waals surface area contributed by atoms with Crippen LogP contribution in [0.2, 0.25) is 0 Å². The maximum absolute atomic E-state index is 13.3. The van der Waals surface area contributed by atoms with Crippen LogP contribution in [0.4, 0.5) is 4.79 Å². The molecule has 2 heterocycles. The van der Waals surface area contributed by atoms with Crippen molar-refractivity contribution in [3.63, 3.8) is 0 Å². The molecule has 0 saturated carbocycles. The number of carboxylic acid groups (broad SMARTS) is 1. The molecule has 3 aromatic rings. The molecule has 4 unspecified atom stereocenters. The average Bonchev–Trinajstić information content (AvgIpc) is 3.96. The molecule has 11 heteroatoms. The van der Waals surface area contributed by atoms with E-state index in [1.165, 1.54) is 0 Å². The topological polar surface area (TPSA) is 136 Å². The van der Waals surface area contributed by atoms with Crippen LogP contribution in [0.3, 0.4) is 0 Å². The van der Waals surface area contributed by atoms with Crippen LogP contribution >= 0.6 is 0 Å². The Kier molecular flexibility index (Phi) is 10.3. The first-order valence-corrected chi connectivity index (χ1v) is 14.4. The number of hydrogen-bond donors (Lipinski definition) is 3. The normalized spacial score (nSPS) is 21.7. The van der Waals surface area contributed by atoms with Crippen LogP contribution in [-0.2, 0) is 30.6 Å². The van der Waals surface area contributed by atoms with Gasteiger partial charge in [-0.15, -0.1) is 0 Å². The molecule has 2 amide bonds. The standard InChI is InChI=1S/C32H36N4O7/c37-28(33-27(31(38)39)19-11-21-36-30(43-36)25-16-8-3-9-17-25)26(34-32(40)41-22-23-12-4-1-5-13-23)18-10-20-35-29(42-35)24-14-6-2-7-15-24/h1-9,12-17,26-27,29-30H,10-11,18-22H2,(H,33,37)(H,34,40)(H,38,39)/t26-,27-,29?,30?,35?,36?/m0/s1. The third kappa shape index (κ3) is 9.10. The van der Waals surface area contributed by atoms with E-state index in [1.54, 1.807) is 10.1 Å². The smallest absolute Gasteiger partial charge is 0.408 e. The Balaban J connectivity index is 1.11. The summed E-state index contributed by atoms with van der Waals surface area (Å²) in [5.41, 5.74) is 2.87. The van der Waals surface area contributed by atoms with Gasteiger partial charge < -0.3 is 20.5 Å². The summed E-state index contributed by atoms with van der Waals surface area (Å²) in [5.74, 6) is -1.73. The number of nitrogens with one attached hydrogen (secondary N) is 2. The molecule has 43 heavy (non-hydrogen) atoms. The predicted octanol–water partition coefficient (Wildman–Crippen LogP) is 4.30. The molecule has 5 rings (SSSR count). The quantitative estimate of drug-likeness (QED) is 0.209. The first kappa shape index (κ1) is 30.2. The van der Waals surface area contributed by atoms with Crippen molar-refractivity contribution >= 4 is 18.0 Å². The molecule has 0 aromatic heterocycles. The molecule has 11 nitrogen and oxygen atoms in total. The van der Waals surface area contributed by atoms with Gasteiger partial charge in [0.15, 0.2) is 12.5 Å². The second-order valence-corrected chi connectivity index (χ2v) is 10.5. The van der Waals surface area contributed by atoms with Gasteiger partial charge in [0.1, 0.15) is 18.7 Å². The lowest BCUT2D eigenvalue weighted by Crippen LogP contribution is -2.51. The largest absolute Gasteiger partial charge is 0.480 e. The number of rotatable bonds is 16. The molecule has 3 N–H and O–H groups in total. The highest BCUT2D eigenvalue weighted by atomic mass is 16.8. The van der Waals surface area contributed by atoms with Gasteiger partial charge >= 0.3 is 12.1 Å². The number of aliphatic carboxylic acids is 1. The van der Waals surface area contributed by atoms with Crippen LogP contribution < -0.4 is 10.6 Å². The number of amides is 2. The van der Waals surface area contributed by atoms with Crippen molar-refractivity contribution in [1.29, 1.82) is 0 Å². The molecule has 0 aliphatic carbocycles. The van der Waals surface area contributed by atoms with E-state index in [2.05, 4.69) is 10.6 Å². The molecule has 2 fully saturated rings. The summed E-state index contributed by atoms with van der Waals surface area (Å²) in [6, 6.07) is 26.6. The lowest BCUT2D eigenvalue weighted by molar-refractivity contribution is -0.142. The molecule has 2 saturated heterocycles. The van der Waals surface area contributed by atoms with Crippen LogP contribution in [0.15, 0.2) is 91.0 Å². The van der Waals surface area contributed by atoms with E-state index in [1.807, 2.05) is 91.0 Å². The fourth-order valence-electron chi connectivity index (χ4n) is 4.84. The summed E-state index contributed by atoms with van der Waals surface area (Å²) < 4.78 is 5.32. The van der Waals surface area contributed by atoms with Crippen LogP contribution in [-0.4, -0.2) is 58.4 Å². The zero-order chi connectivity index (χ0) is 30.0.